The van der Waals surface area contributed by atoms with E-state index in [0.29, 0.717) is 9.50 Å². The van der Waals surface area contributed by atoms with Crippen LogP contribution in [0.3, 0.4) is 0 Å². The van der Waals surface area contributed by atoms with E-state index in [9.17, 15) is 8.42 Å². The Morgan fingerprint density at radius 1 is 1.50 bits per heavy atom. The van der Waals surface area contributed by atoms with Gasteiger partial charge in [-0.3, -0.25) is 0 Å². The summed E-state index contributed by atoms with van der Waals surface area (Å²) in [4.78, 5) is 0.155. The van der Waals surface area contributed by atoms with E-state index in [1.54, 1.807) is 13.8 Å². The van der Waals surface area contributed by atoms with Crippen molar-refractivity contribution in [2.75, 3.05) is 0 Å². The lowest BCUT2D eigenvalue weighted by Gasteiger charge is -2.24. The van der Waals surface area contributed by atoms with Gasteiger partial charge in [-0.15, -0.1) is 0 Å². The van der Waals surface area contributed by atoms with Crippen LogP contribution in [-0.4, -0.2) is 18.9 Å². The third kappa shape index (κ3) is 3.64. The highest BCUT2D eigenvalue weighted by Crippen LogP contribution is 2.25. The van der Waals surface area contributed by atoms with Crippen molar-refractivity contribution in [3.63, 3.8) is 0 Å². The van der Waals surface area contributed by atoms with Gasteiger partial charge in [0, 0.05) is 4.47 Å². The molecule has 1 aromatic rings. The van der Waals surface area contributed by atoms with Crippen LogP contribution in [0.4, 0.5) is 0 Å². The van der Waals surface area contributed by atoms with Crippen LogP contribution < -0.4 is 10.5 Å². The lowest BCUT2D eigenvalue weighted by molar-refractivity contribution is 0.546. The Labute approximate surface area is 125 Å². The van der Waals surface area contributed by atoms with Crippen LogP contribution in [0.5, 0.6) is 0 Å². The summed E-state index contributed by atoms with van der Waals surface area (Å²) in [6.07, 6.45) is 0. The molecule has 0 aliphatic rings. The number of benzene rings is 1. The Hall–Kier alpha value is -0.210. The van der Waals surface area contributed by atoms with Gasteiger partial charge in [-0.25, -0.2) is 8.42 Å². The molecule has 0 saturated carbocycles. The van der Waals surface area contributed by atoms with Crippen LogP contribution in [0.15, 0.2) is 27.6 Å². The Morgan fingerprint density at radius 2 is 2.06 bits per heavy atom. The minimum absolute atomic E-state index is 0.0686. The standard InChI is InChI=1S/C10H12BrClN2O2S2/c1-10(2,9(13)17)14-18(15,16)6-3-4-8(12)7(11)5-6/h3-5,14H,1-2H3,(H2,13,17). The van der Waals surface area contributed by atoms with E-state index in [1.165, 1.54) is 18.2 Å². The number of halogens is 2. The zero-order chi connectivity index (χ0) is 14.1. The molecule has 0 spiro atoms. The van der Waals surface area contributed by atoms with Crippen molar-refractivity contribution in [3.05, 3.63) is 27.7 Å². The van der Waals surface area contributed by atoms with E-state index in [1.807, 2.05) is 0 Å². The van der Waals surface area contributed by atoms with E-state index in [0.717, 1.165) is 0 Å². The molecule has 0 amide bonds. The molecule has 100 valence electrons. The van der Waals surface area contributed by atoms with E-state index in [2.05, 4.69) is 20.7 Å². The molecule has 0 heterocycles. The first-order valence-electron chi connectivity index (χ1n) is 4.85. The van der Waals surface area contributed by atoms with Crippen molar-refractivity contribution in [2.45, 2.75) is 24.3 Å². The largest absolute Gasteiger partial charge is 0.392 e. The molecule has 8 heteroatoms. The van der Waals surface area contributed by atoms with E-state index >= 15 is 0 Å². The molecule has 0 atom stereocenters. The predicted octanol–water partition coefficient (Wildman–Crippen LogP) is 2.45. The average Bonchev–Trinajstić information content (AvgIpc) is 2.20. The van der Waals surface area contributed by atoms with E-state index < -0.39 is 15.6 Å². The van der Waals surface area contributed by atoms with Gasteiger partial charge in [0.15, 0.2) is 0 Å². The van der Waals surface area contributed by atoms with E-state index in [-0.39, 0.29) is 9.88 Å². The molecule has 0 radical (unpaired) electrons. The first-order valence-corrected chi connectivity index (χ1v) is 7.91. The first-order chi connectivity index (χ1) is 8.06. The quantitative estimate of drug-likeness (QED) is 0.797. The van der Waals surface area contributed by atoms with Gasteiger partial charge in [-0.2, -0.15) is 4.72 Å². The maximum absolute atomic E-state index is 12.1. The molecule has 4 nitrogen and oxygen atoms in total. The SMILES string of the molecule is CC(C)(NS(=O)(=O)c1ccc(Cl)c(Br)c1)C(N)=S. The molecule has 0 aliphatic carbocycles. The maximum atomic E-state index is 12.1. The minimum atomic E-state index is -3.71. The second-order valence-corrected chi connectivity index (χ2v) is 7.55. The normalized spacial score (nSPS) is 12.4. The number of nitrogens with one attached hydrogen (secondary N) is 1. The first kappa shape index (κ1) is 15.8. The summed E-state index contributed by atoms with van der Waals surface area (Å²) in [7, 11) is -3.71. The van der Waals surface area contributed by atoms with Gasteiger partial charge in [-0.05, 0) is 48.0 Å². The molecule has 3 N–H and O–H groups in total. The topological polar surface area (TPSA) is 72.2 Å². The van der Waals surface area contributed by atoms with Crippen molar-refractivity contribution in [2.24, 2.45) is 5.73 Å². The molecular formula is C10H12BrClN2O2S2. The van der Waals surface area contributed by atoms with Crippen LogP contribution in [-0.2, 0) is 10.0 Å². The highest BCUT2D eigenvalue weighted by molar-refractivity contribution is 9.10. The van der Waals surface area contributed by atoms with Gasteiger partial charge in [0.05, 0.1) is 20.4 Å². The van der Waals surface area contributed by atoms with Gasteiger partial charge in [0.25, 0.3) is 0 Å². The average molecular weight is 372 g/mol. The number of thiocarbonyl (C=S) groups is 1. The molecule has 0 fully saturated rings. The molecule has 1 rings (SSSR count). The summed E-state index contributed by atoms with van der Waals surface area (Å²) in [5.41, 5.74) is 4.48. The van der Waals surface area contributed by atoms with E-state index in [4.69, 9.17) is 29.6 Å². The summed E-state index contributed by atoms with van der Waals surface area (Å²) in [6, 6.07) is 4.32. The van der Waals surface area contributed by atoms with Gasteiger partial charge < -0.3 is 5.73 Å². The summed E-state index contributed by atoms with van der Waals surface area (Å²) >= 11 is 13.8. The molecule has 18 heavy (non-hydrogen) atoms. The van der Waals surface area contributed by atoms with Crippen LogP contribution in [0, 0.1) is 0 Å². The van der Waals surface area contributed by atoms with Gasteiger partial charge in [0.2, 0.25) is 10.0 Å². The Kier molecular flexibility index (Phi) is 4.77. The zero-order valence-corrected chi connectivity index (χ0v) is 13.7. The van der Waals surface area contributed by atoms with Crippen LogP contribution >= 0.6 is 39.7 Å². The summed E-state index contributed by atoms with van der Waals surface area (Å²) in [5, 5.41) is 0.433. The molecular weight excluding hydrogens is 360 g/mol. The number of hydrogen-bond donors (Lipinski definition) is 2. The number of sulfonamides is 1. The second-order valence-electron chi connectivity index (χ2n) is 4.17. The monoisotopic (exact) mass is 370 g/mol. The highest BCUT2D eigenvalue weighted by atomic mass is 79.9. The van der Waals surface area contributed by atoms with Crippen molar-refractivity contribution < 1.29 is 8.42 Å². The number of nitrogens with two attached hydrogens (primary N) is 1. The Balaban J connectivity index is 3.15. The molecule has 0 unspecified atom stereocenters. The number of rotatable bonds is 4. The zero-order valence-electron chi connectivity index (χ0n) is 9.70. The second kappa shape index (κ2) is 5.42. The van der Waals surface area contributed by atoms with Crippen molar-refractivity contribution >= 4 is 54.8 Å². The highest BCUT2D eigenvalue weighted by Gasteiger charge is 2.28. The lowest BCUT2D eigenvalue weighted by Crippen LogP contribution is -2.51. The summed E-state index contributed by atoms with van der Waals surface area (Å²) in [6.45, 7) is 3.19. The van der Waals surface area contributed by atoms with Crippen molar-refractivity contribution in [1.82, 2.24) is 4.72 Å². The molecule has 0 saturated heterocycles. The van der Waals surface area contributed by atoms with Gasteiger partial charge in [0.1, 0.15) is 0 Å². The van der Waals surface area contributed by atoms with Gasteiger partial charge >= 0.3 is 0 Å². The fraction of sp³-hybridized carbons (Fsp3) is 0.300. The third-order valence-electron chi connectivity index (χ3n) is 2.21. The molecule has 0 aromatic heterocycles. The van der Waals surface area contributed by atoms with Crippen LogP contribution in [0.2, 0.25) is 5.02 Å². The van der Waals surface area contributed by atoms with Crippen LogP contribution in [0.1, 0.15) is 13.8 Å². The maximum Gasteiger partial charge on any atom is 0.241 e. The van der Waals surface area contributed by atoms with Gasteiger partial charge in [-0.1, -0.05) is 23.8 Å². The lowest BCUT2D eigenvalue weighted by atomic mass is 10.1. The fourth-order valence-electron chi connectivity index (χ4n) is 1.09. The van der Waals surface area contributed by atoms with Crippen molar-refractivity contribution in [3.8, 4) is 0 Å². The Bertz CT molecular complexity index is 588. The fourth-order valence-corrected chi connectivity index (χ4v) is 3.27. The predicted molar refractivity (Wildman–Crippen MR) is 80.3 cm³/mol. The summed E-state index contributed by atoms with van der Waals surface area (Å²) < 4.78 is 27.2. The van der Waals surface area contributed by atoms with Crippen molar-refractivity contribution in [1.29, 1.82) is 0 Å². The van der Waals surface area contributed by atoms with Crippen LogP contribution in [0.25, 0.3) is 0 Å². The molecule has 0 aliphatic heterocycles. The molecule has 0 bridgehead atoms. The molecule has 1 aromatic carbocycles. The summed E-state index contributed by atoms with van der Waals surface area (Å²) in [5.74, 6) is 0. The smallest absolute Gasteiger partial charge is 0.241 e. The Morgan fingerprint density at radius 3 is 2.50 bits per heavy atom. The minimum Gasteiger partial charge on any atom is -0.392 e. The third-order valence-corrected chi connectivity index (χ3v) is 5.58. The number of hydrogen-bond acceptors (Lipinski definition) is 3.